The number of carbonyl (C=O) groups is 1. The lowest BCUT2D eigenvalue weighted by atomic mass is 9.86. The van der Waals surface area contributed by atoms with Crippen LogP contribution in [0.4, 0.5) is 5.69 Å². The van der Waals surface area contributed by atoms with Gasteiger partial charge in [0.25, 0.3) is 5.91 Å². The molecule has 2 aromatic rings. The Hall–Kier alpha value is -2.53. The highest BCUT2D eigenvalue weighted by atomic mass is 16.3. The molecule has 5 nitrogen and oxygen atoms in total. The van der Waals surface area contributed by atoms with Crippen LogP contribution in [0.25, 0.3) is 0 Å². The number of aliphatic hydroxyl groups is 1. The first-order chi connectivity index (χ1) is 12.2. The van der Waals surface area contributed by atoms with Crippen molar-refractivity contribution in [2.24, 2.45) is 0 Å². The van der Waals surface area contributed by atoms with E-state index in [1.54, 1.807) is 6.07 Å². The molecule has 3 rings (SSSR count). The van der Waals surface area contributed by atoms with Gasteiger partial charge in [-0.15, -0.1) is 0 Å². The van der Waals surface area contributed by atoms with E-state index in [-0.39, 0.29) is 17.1 Å². The molecule has 4 N–H and O–H groups in total. The number of anilines is 1. The molecular weight excluding hydrogens is 330 g/mol. The van der Waals surface area contributed by atoms with Gasteiger partial charge in [0, 0.05) is 11.1 Å². The van der Waals surface area contributed by atoms with E-state index in [0.29, 0.717) is 11.3 Å². The summed E-state index contributed by atoms with van der Waals surface area (Å²) in [7, 11) is 0. The average molecular weight is 357 g/mol. The maximum absolute atomic E-state index is 12.3. The molecule has 26 heavy (non-hydrogen) atoms. The Labute approximate surface area is 154 Å². The first kappa shape index (κ1) is 19.8. The summed E-state index contributed by atoms with van der Waals surface area (Å²) in [5.41, 5.74) is 1.15. The summed E-state index contributed by atoms with van der Waals surface area (Å²) in [4.78, 5) is 12.3. The normalized spacial score (nSPS) is 18.0. The van der Waals surface area contributed by atoms with Gasteiger partial charge in [-0.3, -0.25) is 4.79 Å². The molecular formula is C21H27NO4. The standard InChI is InChI=1S/C16H15NO4.C5H12/c1-8-5-9(2)14-11(6-8)16(21,15(20)17-14)10-3-4-12(18)13(19)7-10;1-3-5-4-2/h3-7,18-19,21H,1-2H3,(H,17,20);3-5H2,1-2H3. The maximum atomic E-state index is 12.3. The van der Waals surface area contributed by atoms with Crippen molar-refractivity contribution in [3.63, 3.8) is 0 Å². The lowest BCUT2D eigenvalue weighted by Gasteiger charge is -2.22. The second-order valence-corrected chi connectivity index (χ2v) is 6.73. The van der Waals surface area contributed by atoms with Gasteiger partial charge in [0.2, 0.25) is 0 Å². The van der Waals surface area contributed by atoms with Crippen molar-refractivity contribution in [2.75, 3.05) is 5.32 Å². The Bertz CT molecular complexity index is 814. The van der Waals surface area contributed by atoms with E-state index >= 15 is 0 Å². The molecule has 1 heterocycles. The summed E-state index contributed by atoms with van der Waals surface area (Å²) in [5, 5.41) is 32.6. The molecule has 1 atom stereocenters. The van der Waals surface area contributed by atoms with E-state index in [4.69, 9.17) is 0 Å². The molecule has 1 aliphatic rings. The highest BCUT2D eigenvalue weighted by Crippen LogP contribution is 2.44. The summed E-state index contributed by atoms with van der Waals surface area (Å²) in [6.45, 7) is 8.16. The first-order valence-corrected chi connectivity index (χ1v) is 8.93. The predicted molar refractivity (Wildman–Crippen MR) is 103 cm³/mol. The van der Waals surface area contributed by atoms with Crippen molar-refractivity contribution in [2.45, 2.75) is 52.6 Å². The zero-order chi connectivity index (χ0) is 19.5. The Morgan fingerprint density at radius 1 is 1.00 bits per heavy atom. The van der Waals surface area contributed by atoms with Crippen molar-refractivity contribution in [3.8, 4) is 11.5 Å². The molecule has 5 heteroatoms. The number of phenolic OH excluding ortho intramolecular Hbond substituents is 2. The molecule has 2 aromatic carbocycles. The van der Waals surface area contributed by atoms with Crippen LogP contribution in [0.15, 0.2) is 30.3 Å². The number of amides is 1. The molecule has 1 aliphatic heterocycles. The van der Waals surface area contributed by atoms with Crippen LogP contribution in [-0.4, -0.2) is 21.2 Å². The summed E-state index contributed by atoms with van der Waals surface area (Å²) < 4.78 is 0. The van der Waals surface area contributed by atoms with Crippen LogP contribution in [-0.2, 0) is 10.4 Å². The van der Waals surface area contributed by atoms with Gasteiger partial charge in [-0.25, -0.2) is 0 Å². The third kappa shape index (κ3) is 3.53. The molecule has 0 radical (unpaired) electrons. The Morgan fingerprint density at radius 2 is 1.65 bits per heavy atom. The Kier molecular flexibility index (Phi) is 5.93. The number of aryl methyl sites for hydroxylation is 2. The third-order valence-electron chi connectivity index (χ3n) is 4.54. The van der Waals surface area contributed by atoms with E-state index in [1.807, 2.05) is 19.9 Å². The smallest absolute Gasteiger partial charge is 0.265 e. The van der Waals surface area contributed by atoms with Crippen LogP contribution in [0.5, 0.6) is 11.5 Å². The van der Waals surface area contributed by atoms with Crippen LogP contribution in [0.1, 0.15) is 55.4 Å². The molecule has 0 aromatic heterocycles. The van der Waals surface area contributed by atoms with Gasteiger partial charge in [-0.05, 0) is 31.5 Å². The minimum Gasteiger partial charge on any atom is -0.504 e. The molecule has 0 fully saturated rings. The molecule has 1 unspecified atom stereocenters. The number of aromatic hydroxyl groups is 2. The van der Waals surface area contributed by atoms with Crippen LogP contribution in [0.2, 0.25) is 0 Å². The van der Waals surface area contributed by atoms with Gasteiger partial charge in [0.1, 0.15) is 0 Å². The van der Waals surface area contributed by atoms with E-state index in [1.165, 1.54) is 37.5 Å². The van der Waals surface area contributed by atoms with Gasteiger partial charge in [-0.1, -0.05) is 56.9 Å². The molecule has 0 saturated heterocycles. The second kappa shape index (κ2) is 7.79. The van der Waals surface area contributed by atoms with Crippen molar-refractivity contribution in [1.29, 1.82) is 0 Å². The van der Waals surface area contributed by atoms with Gasteiger partial charge in [0.15, 0.2) is 17.1 Å². The summed E-state index contributed by atoms with van der Waals surface area (Å²) in [5.74, 6) is -1.26. The number of unbranched alkanes of at least 4 members (excludes halogenated alkanes) is 2. The minimum atomic E-state index is -1.88. The van der Waals surface area contributed by atoms with Gasteiger partial charge < -0.3 is 20.6 Å². The monoisotopic (exact) mass is 357 g/mol. The number of nitrogens with one attached hydrogen (secondary N) is 1. The number of carbonyl (C=O) groups excluding carboxylic acids is 1. The fourth-order valence-electron chi connectivity index (χ4n) is 3.13. The Morgan fingerprint density at radius 3 is 2.19 bits per heavy atom. The number of hydrogen-bond acceptors (Lipinski definition) is 4. The van der Waals surface area contributed by atoms with Crippen molar-refractivity contribution in [1.82, 2.24) is 0 Å². The van der Waals surface area contributed by atoms with Crippen LogP contribution in [0.3, 0.4) is 0 Å². The number of phenols is 2. The Balaban J connectivity index is 0.000000431. The fraction of sp³-hybridized carbons (Fsp3) is 0.381. The highest BCUT2D eigenvalue weighted by Gasteiger charge is 2.47. The zero-order valence-electron chi connectivity index (χ0n) is 15.8. The molecule has 0 saturated carbocycles. The largest absolute Gasteiger partial charge is 0.504 e. The number of hydrogen-bond donors (Lipinski definition) is 4. The van der Waals surface area contributed by atoms with E-state index in [0.717, 1.165) is 11.1 Å². The van der Waals surface area contributed by atoms with Gasteiger partial charge >= 0.3 is 0 Å². The molecule has 0 aliphatic carbocycles. The highest BCUT2D eigenvalue weighted by molar-refractivity contribution is 6.08. The summed E-state index contributed by atoms with van der Waals surface area (Å²) >= 11 is 0. The van der Waals surface area contributed by atoms with E-state index in [2.05, 4.69) is 19.2 Å². The zero-order valence-corrected chi connectivity index (χ0v) is 15.8. The summed E-state index contributed by atoms with van der Waals surface area (Å²) in [6.07, 6.45) is 4.08. The summed E-state index contributed by atoms with van der Waals surface area (Å²) in [6, 6.07) is 7.52. The van der Waals surface area contributed by atoms with Gasteiger partial charge in [0.05, 0.1) is 5.69 Å². The fourth-order valence-corrected chi connectivity index (χ4v) is 3.13. The lowest BCUT2D eigenvalue weighted by Crippen LogP contribution is -2.35. The van der Waals surface area contributed by atoms with Crippen molar-refractivity contribution < 1.29 is 20.1 Å². The van der Waals surface area contributed by atoms with Crippen LogP contribution >= 0.6 is 0 Å². The minimum absolute atomic E-state index is 0.207. The number of fused-ring (bicyclic) bond motifs is 1. The molecule has 0 spiro atoms. The average Bonchev–Trinajstić information content (AvgIpc) is 2.85. The maximum Gasteiger partial charge on any atom is 0.265 e. The topological polar surface area (TPSA) is 89.8 Å². The molecule has 140 valence electrons. The molecule has 0 bridgehead atoms. The van der Waals surface area contributed by atoms with Crippen LogP contribution in [0, 0.1) is 13.8 Å². The van der Waals surface area contributed by atoms with Crippen LogP contribution < -0.4 is 5.32 Å². The number of benzene rings is 2. The van der Waals surface area contributed by atoms with Crippen molar-refractivity contribution in [3.05, 3.63) is 52.6 Å². The van der Waals surface area contributed by atoms with E-state index in [9.17, 15) is 20.1 Å². The number of rotatable bonds is 3. The predicted octanol–water partition coefficient (Wildman–Crippen LogP) is 4.10. The lowest BCUT2D eigenvalue weighted by molar-refractivity contribution is -0.129. The van der Waals surface area contributed by atoms with Gasteiger partial charge in [-0.2, -0.15) is 0 Å². The quantitative estimate of drug-likeness (QED) is 0.623. The second-order valence-electron chi connectivity index (χ2n) is 6.73. The molecule has 1 amide bonds. The SMILES string of the molecule is CCCCC.Cc1cc(C)c2c(c1)C(O)(c1ccc(O)c(O)c1)C(=O)N2. The van der Waals surface area contributed by atoms with E-state index < -0.39 is 11.5 Å². The first-order valence-electron chi connectivity index (χ1n) is 8.93. The van der Waals surface area contributed by atoms with Crippen molar-refractivity contribution >= 4 is 11.6 Å². The third-order valence-corrected chi connectivity index (χ3v) is 4.54.